The first-order valence-corrected chi connectivity index (χ1v) is 7.58. The monoisotopic (exact) mass is 363 g/mol. The Morgan fingerprint density at radius 2 is 2.14 bits per heavy atom. The summed E-state index contributed by atoms with van der Waals surface area (Å²) in [6.07, 6.45) is 2.98. The summed E-state index contributed by atoms with van der Waals surface area (Å²) in [5.41, 5.74) is 0. The van der Waals surface area contributed by atoms with E-state index < -0.39 is 0 Å². The molecule has 0 spiro atoms. The molecule has 2 heterocycles. The molecule has 2 aromatic heterocycles. The second-order valence-electron chi connectivity index (χ2n) is 3.89. The van der Waals surface area contributed by atoms with Gasteiger partial charge in [-0.2, -0.15) is 24.7 Å². The average Bonchev–Trinajstić information content (AvgIpc) is 3.01. The molecule has 0 aliphatic carbocycles. The van der Waals surface area contributed by atoms with E-state index in [1.165, 1.54) is 22.8 Å². The van der Waals surface area contributed by atoms with Crippen LogP contribution in [-0.4, -0.2) is 36.8 Å². The van der Waals surface area contributed by atoms with Crippen LogP contribution < -0.4 is 5.32 Å². The Morgan fingerprint density at radius 3 is 2.86 bits per heavy atom. The number of nitrogens with one attached hydrogen (secondary N) is 1. The van der Waals surface area contributed by atoms with Crippen molar-refractivity contribution in [1.82, 2.24) is 29.7 Å². The van der Waals surface area contributed by atoms with Gasteiger partial charge in [0.2, 0.25) is 5.95 Å². The van der Waals surface area contributed by atoms with Gasteiger partial charge in [0.1, 0.15) is 12.7 Å². The van der Waals surface area contributed by atoms with E-state index in [4.69, 9.17) is 0 Å². The van der Waals surface area contributed by atoms with Crippen LogP contribution in [0.3, 0.4) is 0 Å². The minimum Gasteiger partial charge on any atom is -0.357 e. The Morgan fingerprint density at radius 1 is 1.24 bits per heavy atom. The van der Waals surface area contributed by atoms with Gasteiger partial charge in [-0.3, -0.25) is 0 Å². The van der Waals surface area contributed by atoms with Crippen molar-refractivity contribution < 1.29 is 0 Å². The van der Waals surface area contributed by atoms with Gasteiger partial charge in [-0.15, -0.1) is 0 Å². The molecule has 3 aromatic rings. The third kappa shape index (κ3) is 3.37. The lowest BCUT2D eigenvalue weighted by Crippen LogP contribution is -2.07. The number of hydrogen-bond acceptors (Lipinski definition) is 7. The molecule has 0 saturated carbocycles. The summed E-state index contributed by atoms with van der Waals surface area (Å²) in [6.45, 7) is 0. The summed E-state index contributed by atoms with van der Waals surface area (Å²) in [4.78, 5) is 17.9. The van der Waals surface area contributed by atoms with Crippen molar-refractivity contribution in [3.8, 4) is 5.95 Å². The molecule has 9 heteroatoms. The van der Waals surface area contributed by atoms with E-state index in [0.717, 1.165) is 9.37 Å². The van der Waals surface area contributed by atoms with E-state index in [-0.39, 0.29) is 0 Å². The summed E-state index contributed by atoms with van der Waals surface area (Å²) < 4.78 is 2.50. The zero-order chi connectivity index (χ0) is 14.7. The minimum absolute atomic E-state index is 0.421. The van der Waals surface area contributed by atoms with Gasteiger partial charge in [-0.1, -0.05) is 22.0 Å². The fourth-order valence-corrected chi connectivity index (χ4v) is 2.91. The topological polar surface area (TPSA) is 81.4 Å². The molecule has 7 nitrogen and oxygen atoms in total. The van der Waals surface area contributed by atoms with Crippen LogP contribution in [0.1, 0.15) is 0 Å². The molecule has 3 rings (SSSR count). The maximum Gasteiger partial charge on any atom is 0.257 e. The Bertz CT molecular complexity index is 747. The number of nitrogens with zero attached hydrogens (tertiary/aromatic N) is 6. The predicted octanol–water partition coefficient (Wildman–Crippen LogP) is 2.41. The summed E-state index contributed by atoms with van der Waals surface area (Å²) in [5.74, 6) is 0.900. The van der Waals surface area contributed by atoms with Gasteiger partial charge in [-0.25, -0.2) is 4.98 Å². The van der Waals surface area contributed by atoms with Crippen LogP contribution in [0.4, 0.5) is 5.95 Å². The number of aromatic nitrogens is 6. The van der Waals surface area contributed by atoms with Gasteiger partial charge < -0.3 is 5.32 Å². The number of benzene rings is 1. The molecule has 21 heavy (non-hydrogen) atoms. The average molecular weight is 364 g/mol. The Balaban J connectivity index is 1.96. The minimum atomic E-state index is 0.421. The molecule has 0 unspecified atom stereocenters. The van der Waals surface area contributed by atoms with Crippen molar-refractivity contribution >= 4 is 33.6 Å². The maximum absolute atomic E-state index is 4.39. The highest BCUT2D eigenvalue weighted by Gasteiger charge is 2.09. The summed E-state index contributed by atoms with van der Waals surface area (Å²) in [7, 11) is 1.76. The molecule has 0 aliphatic heterocycles. The van der Waals surface area contributed by atoms with Gasteiger partial charge in [0.15, 0.2) is 5.16 Å². The van der Waals surface area contributed by atoms with Crippen LogP contribution in [0.15, 0.2) is 51.4 Å². The van der Waals surface area contributed by atoms with Gasteiger partial charge in [-0.05, 0) is 30.0 Å². The highest BCUT2D eigenvalue weighted by Crippen LogP contribution is 2.27. The van der Waals surface area contributed by atoms with Crippen molar-refractivity contribution in [3.05, 3.63) is 41.4 Å². The number of halogens is 1. The standard InChI is InChI=1S/C12H10BrN7S/c1-14-10-17-11(20-7-15-6-16-20)19-12(18-10)21-9-4-2-3-8(13)5-9/h2-7H,1H3,(H,14,17,18,19). The van der Waals surface area contributed by atoms with Crippen LogP contribution in [0.25, 0.3) is 5.95 Å². The van der Waals surface area contributed by atoms with E-state index in [2.05, 4.69) is 46.3 Å². The first-order valence-electron chi connectivity index (χ1n) is 5.97. The molecule has 0 fully saturated rings. The van der Waals surface area contributed by atoms with E-state index in [0.29, 0.717) is 17.1 Å². The first-order chi connectivity index (χ1) is 10.2. The van der Waals surface area contributed by atoms with Crippen LogP contribution in [0, 0.1) is 0 Å². The zero-order valence-electron chi connectivity index (χ0n) is 10.9. The first kappa shape index (κ1) is 14.0. The predicted molar refractivity (Wildman–Crippen MR) is 82.6 cm³/mol. The number of hydrogen-bond donors (Lipinski definition) is 1. The van der Waals surface area contributed by atoms with E-state index in [9.17, 15) is 0 Å². The van der Waals surface area contributed by atoms with Crippen molar-refractivity contribution in [3.63, 3.8) is 0 Å². The van der Waals surface area contributed by atoms with Crippen LogP contribution in [-0.2, 0) is 0 Å². The Kier molecular flexibility index (Phi) is 4.11. The molecule has 0 bridgehead atoms. The van der Waals surface area contributed by atoms with Gasteiger partial charge >= 0.3 is 0 Å². The van der Waals surface area contributed by atoms with E-state index in [1.807, 2.05) is 24.3 Å². The summed E-state index contributed by atoms with van der Waals surface area (Å²) >= 11 is 4.90. The van der Waals surface area contributed by atoms with E-state index in [1.54, 1.807) is 13.4 Å². The largest absolute Gasteiger partial charge is 0.357 e. The lowest BCUT2D eigenvalue weighted by Gasteiger charge is -2.06. The van der Waals surface area contributed by atoms with Crippen LogP contribution in [0.2, 0.25) is 0 Å². The SMILES string of the molecule is CNc1nc(Sc2cccc(Br)c2)nc(-n2cncn2)n1. The molecule has 1 N–H and O–H groups in total. The van der Waals surface area contributed by atoms with Crippen LogP contribution >= 0.6 is 27.7 Å². The van der Waals surface area contributed by atoms with Crippen molar-refractivity contribution in [2.75, 3.05) is 12.4 Å². The highest BCUT2D eigenvalue weighted by molar-refractivity contribution is 9.10. The quantitative estimate of drug-likeness (QED) is 0.761. The fraction of sp³-hybridized carbons (Fsp3) is 0.0833. The van der Waals surface area contributed by atoms with Gasteiger partial charge in [0.05, 0.1) is 0 Å². The Hall–Kier alpha value is -2.00. The molecule has 0 aliphatic rings. The van der Waals surface area contributed by atoms with Gasteiger partial charge in [0, 0.05) is 16.4 Å². The normalized spacial score (nSPS) is 10.6. The Labute approximate surface area is 133 Å². The molecule has 0 saturated heterocycles. The lowest BCUT2D eigenvalue weighted by molar-refractivity contribution is 0.761. The molecule has 106 valence electrons. The maximum atomic E-state index is 4.39. The zero-order valence-corrected chi connectivity index (χ0v) is 13.3. The second kappa shape index (κ2) is 6.19. The van der Waals surface area contributed by atoms with Crippen molar-refractivity contribution in [2.45, 2.75) is 10.1 Å². The third-order valence-corrected chi connectivity index (χ3v) is 3.80. The van der Waals surface area contributed by atoms with Gasteiger partial charge in [0.25, 0.3) is 5.95 Å². The van der Waals surface area contributed by atoms with E-state index >= 15 is 0 Å². The number of anilines is 1. The number of rotatable bonds is 4. The molecule has 0 atom stereocenters. The highest BCUT2D eigenvalue weighted by atomic mass is 79.9. The van der Waals surface area contributed by atoms with Crippen molar-refractivity contribution in [2.24, 2.45) is 0 Å². The molecular formula is C12H10BrN7S. The fourth-order valence-electron chi connectivity index (χ4n) is 1.55. The smallest absolute Gasteiger partial charge is 0.257 e. The molecule has 0 amide bonds. The summed E-state index contributed by atoms with van der Waals surface area (Å²) in [5, 5.41) is 7.53. The lowest BCUT2D eigenvalue weighted by atomic mass is 10.4. The molecular weight excluding hydrogens is 354 g/mol. The van der Waals surface area contributed by atoms with Crippen LogP contribution in [0.5, 0.6) is 0 Å². The molecule has 0 radical (unpaired) electrons. The van der Waals surface area contributed by atoms with Crippen molar-refractivity contribution in [1.29, 1.82) is 0 Å². The molecule has 1 aromatic carbocycles. The third-order valence-electron chi connectivity index (χ3n) is 2.46. The second-order valence-corrected chi connectivity index (χ2v) is 5.85. The summed E-state index contributed by atoms with van der Waals surface area (Å²) in [6, 6.07) is 7.93.